The van der Waals surface area contributed by atoms with Crippen molar-refractivity contribution in [3.63, 3.8) is 0 Å². The molecule has 1 N–H and O–H groups in total. The molecule has 9 heteroatoms. The number of amides is 1. The lowest BCUT2D eigenvalue weighted by Crippen LogP contribution is -2.12. The fraction of sp³-hybridized carbons (Fsp3) is 0.200. The van der Waals surface area contributed by atoms with E-state index in [9.17, 15) is 13.6 Å². The van der Waals surface area contributed by atoms with Gasteiger partial charge in [-0.05, 0) is 35.2 Å². The van der Waals surface area contributed by atoms with Crippen LogP contribution < -0.4 is 5.32 Å². The zero-order chi connectivity index (χ0) is 23.2. The van der Waals surface area contributed by atoms with E-state index in [1.165, 1.54) is 12.1 Å². The van der Waals surface area contributed by atoms with Crippen LogP contribution in [0.4, 0.5) is 14.5 Å². The van der Waals surface area contributed by atoms with Crippen molar-refractivity contribution in [2.45, 2.75) is 31.7 Å². The number of rotatable bonds is 6. The Kier molecular flexibility index (Phi) is 4.83. The van der Waals surface area contributed by atoms with Gasteiger partial charge in [-0.3, -0.25) is 9.48 Å². The zero-order valence-electron chi connectivity index (χ0n) is 18.0. The molecule has 1 amide bonds. The van der Waals surface area contributed by atoms with E-state index in [1.807, 2.05) is 24.3 Å². The largest absolute Gasteiger partial charge is 0.318 e. The average molecular weight is 458 g/mol. The molecule has 0 spiro atoms. The lowest BCUT2D eigenvalue weighted by Gasteiger charge is -2.06. The summed E-state index contributed by atoms with van der Waals surface area (Å²) in [5, 5.41) is 13.5. The number of aromatic nitrogens is 5. The molecule has 0 radical (unpaired) electrons. The highest BCUT2D eigenvalue weighted by atomic mass is 19.3. The standard InChI is InChI=1S/C25H20F2N6O/c26-24(27)22-10-20(16-8-9-16)30-23-11-21(31-33(22)23)25(34)29-18-12-28-32(14-18)13-17-6-3-5-15-4-1-2-7-19(15)17/h1-7,10-12,14,16,24H,8-9,13H2,(H,29,34). The van der Waals surface area contributed by atoms with Crippen molar-refractivity contribution >= 4 is 28.0 Å². The number of carbonyl (C=O) groups excluding carboxylic acids is 1. The molecule has 3 heterocycles. The zero-order valence-corrected chi connectivity index (χ0v) is 18.0. The Balaban J connectivity index is 1.23. The van der Waals surface area contributed by atoms with Gasteiger partial charge in [-0.15, -0.1) is 0 Å². The van der Waals surface area contributed by atoms with Crippen LogP contribution in [0.15, 0.2) is 67.0 Å². The van der Waals surface area contributed by atoms with Crippen LogP contribution in [0, 0.1) is 0 Å². The topological polar surface area (TPSA) is 77.1 Å². The average Bonchev–Trinajstić information content (AvgIpc) is 3.45. The molecule has 1 aliphatic carbocycles. The molecule has 2 aromatic carbocycles. The Morgan fingerprint density at radius 2 is 1.94 bits per heavy atom. The molecule has 0 bridgehead atoms. The quantitative estimate of drug-likeness (QED) is 0.380. The third kappa shape index (κ3) is 3.79. The summed E-state index contributed by atoms with van der Waals surface area (Å²) in [7, 11) is 0. The van der Waals surface area contributed by atoms with Gasteiger partial charge in [-0.25, -0.2) is 18.3 Å². The Morgan fingerprint density at radius 3 is 2.76 bits per heavy atom. The van der Waals surface area contributed by atoms with E-state index in [0.717, 1.165) is 33.7 Å². The Hall–Kier alpha value is -4.14. The second kappa shape index (κ2) is 8.02. The molecule has 0 unspecified atom stereocenters. The first-order valence-corrected chi connectivity index (χ1v) is 11.0. The fourth-order valence-corrected chi connectivity index (χ4v) is 4.19. The number of hydrogen-bond acceptors (Lipinski definition) is 4. The number of benzene rings is 2. The summed E-state index contributed by atoms with van der Waals surface area (Å²) in [5.74, 6) is -0.300. The van der Waals surface area contributed by atoms with Crippen LogP contribution >= 0.6 is 0 Å². The van der Waals surface area contributed by atoms with E-state index in [1.54, 1.807) is 17.1 Å². The highest BCUT2D eigenvalue weighted by molar-refractivity contribution is 6.03. The second-order valence-corrected chi connectivity index (χ2v) is 8.50. The third-order valence-electron chi connectivity index (χ3n) is 6.03. The molecule has 6 rings (SSSR count). The third-order valence-corrected chi connectivity index (χ3v) is 6.03. The fourth-order valence-electron chi connectivity index (χ4n) is 4.19. The van der Waals surface area contributed by atoms with Crippen molar-refractivity contribution < 1.29 is 13.6 Å². The summed E-state index contributed by atoms with van der Waals surface area (Å²) >= 11 is 0. The highest BCUT2D eigenvalue weighted by Crippen LogP contribution is 2.40. The predicted molar refractivity (Wildman–Crippen MR) is 123 cm³/mol. The summed E-state index contributed by atoms with van der Waals surface area (Å²) < 4.78 is 30.0. The highest BCUT2D eigenvalue weighted by Gasteiger charge is 2.28. The summed E-state index contributed by atoms with van der Waals surface area (Å²) in [5.41, 5.74) is 2.23. The van der Waals surface area contributed by atoms with Crippen molar-refractivity contribution in [3.05, 3.63) is 89.6 Å². The summed E-state index contributed by atoms with van der Waals surface area (Å²) in [6.07, 6.45) is 2.44. The van der Waals surface area contributed by atoms with E-state index in [0.29, 0.717) is 17.9 Å². The van der Waals surface area contributed by atoms with Crippen molar-refractivity contribution in [1.29, 1.82) is 0 Å². The van der Waals surface area contributed by atoms with Crippen LogP contribution in [0.25, 0.3) is 16.4 Å². The maximum Gasteiger partial charge on any atom is 0.280 e. The SMILES string of the molecule is O=C(Nc1cnn(Cc2cccc3ccccc23)c1)c1cc2nc(C3CC3)cc(C(F)F)n2n1. The first-order valence-electron chi connectivity index (χ1n) is 11.0. The predicted octanol–water partition coefficient (Wildman–Crippen LogP) is 5.19. The molecule has 3 aromatic heterocycles. The minimum Gasteiger partial charge on any atom is -0.318 e. The van der Waals surface area contributed by atoms with Gasteiger partial charge in [0.25, 0.3) is 12.3 Å². The van der Waals surface area contributed by atoms with Gasteiger partial charge in [-0.2, -0.15) is 10.2 Å². The molecule has 1 saturated carbocycles. The van der Waals surface area contributed by atoms with Gasteiger partial charge in [0.2, 0.25) is 0 Å². The number of nitrogens with zero attached hydrogens (tertiary/aromatic N) is 5. The molecular formula is C25H20F2N6O. The molecule has 0 atom stereocenters. The smallest absolute Gasteiger partial charge is 0.280 e. The Labute approximate surface area is 193 Å². The second-order valence-electron chi connectivity index (χ2n) is 8.50. The van der Waals surface area contributed by atoms with Crippen LogP contribution in [-0.4, -0.2) is 30.3 Å². The number of anilines is 1. The molecular weight excluding hydrogens is 438 g/mol. The van der Waals surface area contributed by atoms with Gasteiger partial charge in [0.05, 0.1) is 18.4 Å². The van der Waals surface area contributed by atoms with E-state index >= 15 is 0 Å². The normalized spacial score (nSPS) is 13.7. The summed E-state index contributed by atoms with van der Waals surface area (Å²) in [6.45, 7) is 0.539. The molecule has 5 aromatic rings. The monoisotopic (exact) mass is 458 g/mol. The number of nitrogens with one attached hydrogen (secondary N) is 1. The van der Waals surface area contributed by atoms with Crippen LogP contribution in [0.5, 0.6) is 0 Å². The first-order chi connectivity index (χ1) is 16.5. The molecule has 170 valence electrons. The van der Waals surface area contributed by atoms with Gasteiger partial charge in [0.15, 0.2) is 11.3 Å². The molecule has 0 saturated heterocycles. The number of halogens is 2. The first kappa shape index (κ1) is 20.5. The number of alkyl halides is 2. The van der Waals surface area contributed by atoms with Crippen LogP contribution in [-0.2, 0) is 6.54 Å². The molecule has 1 fully saturated rings. The van der Waals surface area contributed by atoms with Gasteiger partial charge in [0, 0.05) is 23.9 Å². The van der Waals surface area contributed by atoms with Crippen molar-refractivity contribution in [2.75, 3.05) is 5.32 Å². The van der Waals surface area contributed by atoms with Crippen molar-refractivity contribution in [3.8, 4) is 0 Å². The van der Waals surface area contributed by atoms with Crippen molar-refractivity contribution in [1.82, 2.24) is 24.4 Å². The Morgan fingerprint density at radius 1 is 1.12 bits per heavy atom. The molecule has 1 aliphatic rings. The van der Waals surface area contributed by atoms with Crippen molar-refractivity contribution in [2.24, 2.45) is 0 Å². The van der Waals surface area contributed by atoms with Gasteiger partial charge in [-0.1, -0.05) is 42.5 Å². The van der Waals surface area contributed by atoms with E-state index in [4.69, 9.17) is 0 Å². The van der Waals surface area contributed by atoms with Gasteiger partial charge < -0.3 is 5.32 Å². The molecule has 0 aliphatic heterocycles. The summed E-state index contributed by atoms with van der Waals surface area (Å²) in [6, 6.07) is 17.1. The molecule has 34 heavy (non-hydrogen) atoms. The Bertz CT molecular complexity index is 1530. The van der Waals surface area contributed by atoms with E-state index in [-0.39, 0.29) is 23.0 Å². The molecule has 7 nitrogen and oxygen atoms in total. The number of hydrogen-bond donors (Lipinski definition) is 1. The minimum absolute atomic E-state index is 0.0177. The lowest BCUT2D eigenvalue weighted by molar-refractivity contribution is 0.102. The minimum atomic E-state index is -2.72. The van der Waals surface area contributed by atoms with Crippen LogP contribution in [0.1, 0.15) is 52.6 Å². The van der Waals surface area contributed by atoms with Gasteiger partial charge in [0.1, 0.15) is 5.69 Å². The van der Waals surface area contributed by atoms with Crippen LogP contribution in [0.3, 0.4) is 0 Å². The maximum atomic E-state index is 13.6. The van der Waals surface area contributed by atoms with E-state index < -0.39 is 12.3 Å². The maximum absolute atomic E-state index is 13.6. The van der Waals surface area contributed by atoms with E-state index in [2.05, 4.69) is 38.7 Å². The van der Waals surface area contributed by atoms with Gasteiger partial charge >= 0.3 is 0 Å². The van der Waals surface area contributed by atoms with Crippen LogP contribution in [0.2, 0.25) is 0 Å². The summed E-state index contributed by atoms with van der Waals surface area (Å²) in [4.78, 5) is 17.2. The lowest BCUT2D eigenvalue weighted by atomic mass is 10.0. The number of carbonyl (C=O) groups is 1. The number of fused-ring (bicyclic) bond motifs is 2.